The molecule has 5 N–H and O–H groups in total. The lowest BCUT2D eigenvalue weighted by atomic mass is 9.99. The summed E-state index contributed by atoms with van der Waals surface area (Å²) in [5, 5.41) is 47.3. The molecule has 1 heterocycles. The summed E-state index contributed by atoms with van der Waals surface area (Å²) in [6.45, 7) is 1.47. The molecule has 0 aromatic rings. The van der Waals surface area contributed by atoms with E-state index in [1.807, 2.05) is 6.92 Å². The highest BCUT2D eigenvalue weighted by atomic mass is 16.7. The van der Waals surface area contributed by atoms with Gasteiger partial charge in [-0.05, 0) is 6.42 Å². The van der Waals surface area contributed by atoms with Crippen molar-refractivity contribution >= 4 is 5.97 Å². The van der Waals surface area contributed by atoms with Crippen molar-refractivity contribution in [3.8, 4) is 0 Å². The van der Waals surface area contributed by atoms with Gasteiger partial charge in [-0.2, -0.15) is 0 Å². The predicted octanol–water partition coefficient (Wildman–Crippen LogP) is -0.773. The minimum atomic E-state index is -1.53. The van der Waals surface area contributed by atoms with E-state index in [0.29, 0.717) is 6.42 Å². The van der Waals surface area contributed by atoms with Gasteiger partial charge in [-0.15, -0.1) is 0 Å². The van der Waals surface area contributed by atoms with Gasteiger partial charge in [-0.1, -0.05) is 26.2 Å². The van der Waals surface area contributed by atoms with Gasteiger partial charge in [0.2, 0.25) is 0 Å². The zero-order chi connectivity index (χ0) is 16.7. The molecular formula is C14H26O8. The number of hydrogen-bond acceptors (Lipinski definition) is 7. The Morgan fingerprint density at radius 3 is 2.41 bits per heavy atom. The van der Waals surface area contributed by atoms with Crippen LogP contribution in [0.15, 0.2) is 0 Å². The smallest absolute Gasteiger partial charge is 0.305 e. The molecule has 0 bridgehead atoms. The quantitative estimate of drug-likeness (QED) is 0.349. The van der Waals surface area contributed by atoms with Crippen molar-refractivity contribution in [2.24, 2.45) is 0 Å². The third kappa shape index (κ3) is 5.45. The van der Waals surface area contributed by atoms with E-state index in [-0.39, 0.29) is 6.42 Å². The van der Waals surface area contributed by atoms with Crippen LogP contribution in [0.2, 0.25) is 0 Å². The van der Waals surface area contributed by atoms with Crippen molar-refractivity contribution in [2.75, 3.05) is 6.61 Å². The minimum absolute atomic E-state index is 0.251. The molecule has 0 radical (unpaired) electrons. The minimum Gasteiger partial charge on any atom is -0.481 e. The lowest BCUT2D eigenvalue weighted by Gasteiger charge is -2.40. The molecule has 8 nitrogen and oxygen atoms in total. The fourth-order valence-corrected chi connectivity index (χ4v) is 2.40. The molecular weight excluding hydrogens is 296 g/mol. The fourth-order valence-electron chi connectivity index (χ4n) is 2.40. The number of unbranched alkanes of at least 4 members (excludes halogenated alkanes) is 2. The van der Waals surface area contributed by atoms with Crippen molar-refractivity contribution < 1.29 is 39.8 Å². The van der Waals surface area contributed by atoms with Crippen LogP contribution in [0, 0.1) is 0 Å². The highest BCUT2D eigenvalue weighted by Crippen LogP contribution is 2.24. The molecule has 130 valence electrons. The van der Waals surface area contributed by atoms with Crippen LogP contribution in [0.4, 0.5) is 0 Å². The third-order valence-corrected chi connectivity index (χ3v) is 3.71. The number of carbonyl (C=O) groups is 1. The van der Waals surface area contributed by atoms with Gasteiger partial charge >= 0.3 is 5.97 Å². The second-order valence-electron chi connectivity index (χ2n) is 5.55. The summed E-state index contributed by atoms with van der Waals surface area (Å²) in [5.41, 5.74) is 0. The average Bonchev–Trinajstić information content (AvgIpc) is 2.47. The van der Waals surface area contributed by atoms with E-state index in [9.17, 15) is 20.1 Å². The second-order valence-corrected chi connectivity index (χ2v) is 5.55. The molecule has 0 aromatic heterocycles. The van der Waals surface area contributed by atoms with Crippen LogP contribution < -0.4 is 0 Å². The lowest BCUT2D eigenvalue weighted by molar-refractivity contribution is -0.311. The molecule has 6 atom stereocenters. The molecule has 0 spiro atoms. The maximum Gasteiger partial charge on any atom is 0.305 e. The normalized spacial score (nSPS) is 33.6. The molecule has 1 aliphatic rings. The van der Waals surface area contributed by atoms with Gasteiger partial charge in [0.1, 0.15) is 24.4 Å². The van der Waals surface area contributed by atoms with Crippen molar-refractivity contribution in [1.29, 1.82) is 0 Å². The van der Waals surface area contributed by atoms with E-state index in [0.717, 1.165) is 19.3 Å². The van der Waals surface area contributed by atoms with E-state index in [4.69, 9.17) is 19.7 Å². The Hall–Kier alpha value is -0.770. The average molecular weight is 322 g/mol. The number of carboxylic acid groups (broad SMARTS) is 1. The summed E-state index contributed by atoms with van der Waals surface area (Å²) in [7, 11) is 0. The number of aliphatic hydroxyl groups is 4. The molecule has 1 aliphatic heterocycles. The van der Waals surface area contributed by atoms with E-state index in [1.165, 1.54) is 0 Å². The van der Waals surface area contributed by atoms with Gasteiger partial charge in [-0.3, -0.25) is 4.79 Å². The molecule has 22 heavy (non-hydrogen) atoms. The molecule has 1 saturated heterocycles. The van der Waals surface area contributed by atoms with Gasteiger partial charge in [0, 0.05) is 0 Å². The largest absolute Gasteiger partial charge is 0.481 e. The summed E-state index contributed by atoms with van der Waals surface area (Å²) in [6.07, 6.45) is -4.64. The Balaban J connectivity index is 2.66. The van der Waals surface area contributed by atoms with Crippen molar-refractivity contribution in [2.45, 2.75) is 75.8 Å². The highest BCUT2D eigenvalue weighted by molar-refractivity contribution is 5.67. The zero-order valence-electron chi connectivity index (χ0n) is 12.7. The van der Waals surface area contributed by atoms with Crippen LogP contribution in [0.3, 0.4) is 0 Å². The first-order chi connectivity index (χ1) is 10.4. The topological polar surface area (TPSA) is 137 Å². The van der Waals surface area contributed by atoms with E-state index >= 15 is 0 Å². The number of aliphatic carboxylic acids is 1. The molecule has 0 aliphatic carbocycles. The third-order valence-electron chi connectivity index (χ3n) is 3.71. The Morgan fingerprint density at radius 1 is 1.18 bits per heavy atom. The van der Waals surface area contributed by atoms with Crippen LogP contribution in [-0.4, -0.2) is 74.9 Å². The first kappa shape index (κ1) is 19.3. The van der Waals surface area contributed by atoms with Gasteiger partial charge in [0.15, 0.2) is 6.29 Å². The van der Waals surface area contributed by atoms with Crippen LogP contribution in [0.5, 0.6) is 0 Å². The summed E-state index contributed by atoms with van der Waals surface area (Å²) >= 11 is 0. The SMILES string of the molecule is CCCCCC(CC(=O)O)OC1OC(CO)C(O)C(O)C1O. The van der Waals surface area contributed by atoms with Gasteiger partial charge in [0.05, 0.1) is 19.1 Å². The van der Waals surface area contributed by atoms with Crippen LogP contribution in [-0.2, 0) is 14.3 Å². The van der Waals surface area contributed by atoms with E-state index in [1.54, 1.807) is 0 Å². The molecule has 6 unspecified atom stereocenters. The summed E-state index contributed by atoms with van der Waals surface area (Å²) in [5.74, 6) is -1.04. The number of ether oxygens (including phenoxy) is 2. The van der Waals surface area contributed by atoms with Crippen LogP contribution >= 0.6 is 0 Å². The van der Waals surface area contributed by atoms with Gasteiger partial charge in [0.25, 0.3) is 0 Å². The van der Waals surface area contributed by atoms with E-state index < -0.39 is 49.4 Å². The Morgan fingerprint density at radius 2 is 1.86 bits per heavy atom. The standard InChI is InChI=1S/C14H26O8/c1-2-3-4-5-8(6-10(16)17)21-14-13(20)12(19)11(18)9(7-15)22-14/h8-9,11-15,18-20H,2-7H2,1H3,(H,16,17). The van der Waals surface area contributed by atoms with Crippen LogP contribution in [0.25, 0.3) is 0 Å². The summed E-state index contributed by atoms with van der Waals surface area (Å²) < 4.78 is 10.7. The number of carboxylic acids is 1. The van der Waals surface area contributed by atoms with Crippen molar-refractivity contribution in [3.05, 3.63) is 0 Å². The molecule has 8 heteroatoms. The van der Waals surface area contributed by atoms with E-state index in [2.05, 4.69) is 0 Å². The monoisotopic (exact) mass is 322 g/mol. The van der Waals surface area contributed by atoms with Crippen molar-refractivity contribution in [1.82, 2.24) is 0 Å². The second kappa shape index (κ2) is 9.39. The zero-order valence-corrected chi connectivity index (χ0v) is 12.7. The number of hydrogen-bond donors (Lipinski definition) is 5. The number of aliphatic hydroxyl groups excluding tert-OH is 4. The Labute approximate surface area is 129 Å². The summed E-state index contributed by atoms with van der Waals surface area (Å²) in [6, 6.07) is 0. The molecule has 1 rings (SSSR count). The molecule has 1 fully saturated rings. The number of rotatable bonds is 9. The maximum absolute atomic E-state index is 10.9. The highest BCUT2D eigenvalue weighted by Gasteiger charge is 2.44. The predicted molar refractivity (Wildman–Crippen MR) is 75.0 cm³/mol. The first-order valence-electron chi connectivity index (χ1n) is 7.58. The Bertz CT molecular complexity index is 335. The fraction of sp³-hybridized carbons (Fsp3) is 0.929. The summed E-state index contributed by atoms with van der Waals surface area (Å²) in [4.78, 5) is 10.9. The molecule has 0 saturated carbocycles. The first-order valence-corrected chi connectivity index (χ1v) is 7.58. The van der Waals surface area contributed by atoms with Gasteiger partial charge in [-0.25, -0.2) is 0 Å². The Kier molecular flexibility index (Phi) is 8.23. The van der Waals surface area contributed by atoms with Gasteiger partial charge < -0.3 is 35.0 Å². The maximum atomic E-state index is 10.9. The van der Waals surface area contributed by atoms with Crippen molar-refractivity contribution in [3.63, 3.8) is 0 Å². The lowest BCUT2D eigenvalue weighted by Crippen LogP contribution is -2.59. The molecule has 0 amide bonds. The van der Waals surface area contributed by atoms with Crippen LogP contribution in [0.1, 0.15) is 39.0 Å². The molecule has 0 aromatic carbocycles.